The first kappa shape index (κ1) is 17.8. The Labute approximate surface area is 149 Å². The molecule has 1 aromatic carbocycles. The molecule has 2 saturated heterocycles. The summed E-state index contributed by atoms with van der Waals surface area (Å²) in [5.74, 6) is 0. The van der Waals surface area contributed by atoms with Crippen LogP contribution in [0.5, 0.6) is 0 Å². The van der Waals surface area contributed by atoms with Crippen molar-refractivity contribution in [2.45, 2.75) is 76.2 Å². The largest absolute Gasteiger partial charge is 0.444 e. The van der Waals surface area contributed by atoms with Crippen LogP contribution in [0.2, 0.25) is 0 Å². The third-order valence-electron chi connectivity index (χ3n) is 5.16. The Morgan fingerprint density at radius 2 is 1.80 bits per heavy atom. The molecule has 0 spiro atoms. The molecule has 2 heterocycles. The van der Waals surface area contributed by atoms with E-state index in [-0.39, 0.29) is 18.2 Å². The zero-order valence-corrected chi connectivity index (χ0v) is 15.2. The van der Waals surface area contributed by atoms with E-state index in [9.17, 15) is 9.90 Å². The molecule has 1 amide bonds. The molecule has 5 nitrogen and oxygen atoms in total. The molecule has 0 radical (unpaired) electrons. The van der Waals surface area contributed by atoms with Gasteiger partial charge in [-0.25, -0.2) is 4.79 Å². The first-order valence-electron chi connectivity index (χ1n) is 8.96. The van der Waals surface area contributed by atoms with Gasteiger partial charge >= 0.3 is 6.09 Å². The minimum Gasteiger partial charge on any atom is -0.444 e. The van der Waals surface area contributed by atoms with Crippen LogP contribution in [0, 0.1) is 11.3 Å². The van der Waals surface area contributed by atoms with Crippen molar-refractivity contribution in [1.29, 1.82) is 5.26 Å². The van der Waals surface area contributed by atoms with Crippen LogP contribution in [0.15, 0.2) is 24.3 Å². The highest BCUT2D eigenvalue weighted by Crippen LogP contribution is 2.44. The van der Waals surface area contributed by atoms with Crippen molar-refractivity contribution >= 4 is 6.09 Å². The minimum atomic E-state index is -0.956. The van der Waals surface area contributed by atoms with Crippen molar-refractivity contribution in [3.8, 4) is 6.07 Å². The lowest BCUT2D eigenvalue weighted by molar-refractivity contribution is -0.0965. The maximum absolute atomic E-state index is 12.6. The monoisotopic (exact) mass is 342 g/mol. The zero-order chi connectivity index (χ0) is 18.2. The van der Waals surface area contributed by atoms with E-state index < -0.39 is 11.2 Å². The summed E-state index contributed by atoms with van der Waals surface area (Å²) >= 11 is 0. The van der Waals surface area contributed by atoms with Crippen molar-refractivity contribution in [2.24, 2.45) is 0 Å². The lowest BCUT2D eigenvalue weighted by atomic mass is 9.72. The first-order chi connectivity index (χ1) is 11.7. The fraction of sp³-hybridized carbons (Fsp3) is 0.600. The van der Waals surface area contributed by atoms with Gasteiger partial charge in [-0.05, 0) is 57.7 Å². The van der Waals surface area contributed by atoms with Crippen molar-refractivity contribution in [2.75, 3.05) is 0 Å². The summed E-state index contributed by atoms with van der Waals surface area (Å²) in [5.41, 5.74) is -0.0694. The number of rotatable bonds is 1. The van der Waals surface area contributed by atoms with Crippen LogP contribution >= 0.6 is 0 Å². The summed E-state index contributed by atoms with van der Waals surface area (Å²) < 4.78 is 5.59. The first-order valence-corrected chi connectivity index (χ1v) is 8.96. The van der Waals surface area contributed by atoms with Gasteiger partial charge in [-0.15, -0.1) is 0 Å². The number of nitrogens with zero attached hydrogens (tertiary/aromatic N) is 2. The Balaban J connectivity index is 1.83. The summed E-state index contributed by atoms with van der Waals surface area (Å²) in [5, 5.41) is 20.2. The summed E-state index contributed by atoms with van der Waals surface area (Å²) in [6, 6.07) is 9.22. The average molecular weight is 342 g/mol. The smallest absolute Gasteiger partial charge is 0.410 e. The van der Waals surface area contributed by atoms with Gasteiger partial charge in [0.15, 0.2) is 0 Å². The van der Waals surface area contributed by atoms with Gasteiger partial charge in [-0.1, -0.05) is 12.1 Å². The van der Waals surface area contributed by atoms with E-state index in [0.29, 0.717) is 18.4 Å². The Bertz CT molecular complexity index is 670. The molecule has 5 heteroatoms. The highest BCUT2D eigenvalue weighted by molar-refractivity contribution is 5.69. The number of hydrogen-bond donors (Lipinski definition) is 1. The lowest BCUT2D eigenvalue weighted by Gasteiger charge is -2.51. The van der Waals surface area contributed by atoms with Crippen LogP contribution in [-0.4, -0.2) is 33.8 Å². The molecule has 2 fully saturated rings. The van der Waals surface area contributed by atoms with E-state index >= 15 is 0 Å². The van der Waals surface area contributed by atoms with Crippen LogP contribution in [-0.2, 0) is 10.3 Å². The molecule has 134 valence electrons. The second-order valence-corrected chi connectivity index (χ2v) is 8.26. The topological polar surface area (TPSA) is 73.6 Å². The van der Waals surface area contributed by atoms with E-state index in [1.807, 2.05) is 37.8 Å². The van der Waals surface area contributed by atoms with Crippen LogP contribution < -0.4 is 0 Å². The summed E-state index contributed by atoms with van der Waals surface area (Å²) in [4.78, 5) is 14.5. The molecule has 1 N–H and O–H groups in total. The van der Waals surface area contributed by atoms with Gasteiger partial charge in [0.05, 0.1) is 17.2 Å². The zero-order valence-electron chi connectivity index (χ0n) is 15.2. The molecule has 2 atom stereocenters. The number of nitriles is 1. The highest BCUT2D eigenvalue weighted by atomic mass is 16.6. The van der Waals surface area contributed by atoms with Gasteiger partial charge < -0.3 is 14.7 Å². The number of amides is 1. The maximum Gasteiger partial charge on any atom is 0.410 e. The fourth-order valence-electron chi connectivity index (χ4n) is 4.13. The van der Waals surface area contributed by atoms with Crippen molar-refractivity contribution in [1.82, 2.24) is 4.90 Å². The molecule has 2 unspecified atom stereocenters. The molecule has 0 aromatic heterocycles. The van der Waals surface area contributed by atoms with Crippen LogP contribution in [0.4, 0.5) is 4.79 Å². The molecule has 2 bridgehead atoms. The second kappa shape index (κ2) is 6.34. The summed E-state index contributed by atoms with van der Waals surface area (Å²) in [6.07, 6.45) is 3.58. The van der Waals surface area contributed by atoms with Gasteiger partial charge in [-0.2, -0.15) is 5.26 Å². The second-order valence-electron chi connectivity index (χ2n) is 8.26. The number of carbonyl (C=O) groups is 1. The Kier molecular flexibility index (Phi) is 4.51. The third-order valence-corrected chi connectivity index (χ3v) is 5.16. The van der Waals surface area contributed by atoms with Crippen LogP contribution in [0.3, 0.4) is 0 Å². The van der Waals surface area contributed by atoms with Crippen LogP contribution in [0.25, 0.3) is 0 Å². The molecule has 0 aliphatic carbocycles. The maximum atomic E-state index is 12.6. The average Bonchev–Trinajstić information content (AvgIpc) is 2.52. The minimum absolute atomic E-state index is 0.0111. The van der Waals surface area contributed by atoms with Crippen molar-refractivity contribution in [3.63, 3.8) is 0 Å². The number of piperidine rings is 2. The quantitative estimate of drug-likeness (QED) is 0.844. The molecule has 2 aliphatic rings. The Morgan fingerprint density at radius 1 is 1.24 bits per heavy atom. The standard InChI is InChI=1S/C20H26N2O3/c1-19(2,3)25-18(23)22-16-5-4-6-17(22)12-20(24,11-16)15-9-7-14(13-21)8-10-15/h7-10,16-17,24H,4-6,11-12H2,1-3H3. The molecule has 2 aliphatic heterocycles. The number of ether oxygens (including phenoxy) is 1. The van der Waals surface area contributed by atoms with Gasteiger partial charge in [0.25, 0.3) is 0 Å². The summed E-state index contributed by atoms with van der Waals surface area (Å²) in [7, 11) is 0. The van der Waals surface area contributed by atoms with Gasteiger partial charge in [-0.3, -0.25) is 0 Å². The van der Waals surface area contributed by atoms with Crippen molar-refractivity contribution < 1.29 is 14.6 Å². The normalized spacial score (nSPS) is 29.0. The summed E-state index contributed by atoms with van der Waals surface area (Å²) in [6.45, 7) is 5.62. The SMILES string of the molecule is CC(C)(C)OC(=O)N1C2CCCC1CC(O)(c1ccc(C#N)cc1)C2. The Hall–Kier alpha value is -2.06. The predicted octanol–water partition coefficient (Wildman–Crippen LogP) is 3.70. The molecule has 1 aromatic rings. The third kappa shape index (κ3) is 3.64. The van der Waals surface area contributed by atoms with E-state index in [0.717, 1.165) is 24.8 Å². The number of benzene rings is 1. The molecular weight excluding hydrogens is 316 g/mol. The lowest BCUT2D eigenvalue weighted by Crippen LogP contribution is -2.59. The number of carbonyl (C=O) groups excluding carboxylic acids is 1. The van der Waals surface area contributed by atoms with Crippen molar-refractivity contribution in [3.05, 3.63) is 35.4 Å². The van der Waals surface area contributed by atoms with E-state index in [4.69, 9.17) is 10.00 Å². The van der Waals surface area contributed by atoms with E-state index in [1.165, 1.54) is 0 Å². The molecule has 25 heavy (non-hydrogen) atoms. The van der Waals surface area contributed by atoms with E-state index in [2.05, 4.69) is 6.07 Å². The van der Waals surface area contributed by atoms with Gasteiger partial charge in [0.1, 0.15) is 5.60 Å². The molecule has 0 saturated carbocycles. The number of hydrogen-bond acceptors (Lipinski definition) is 4. The predicted molar refractivity (Wildman–Crippen MR) is 93.8 cm³/mol. The Morgan fingerprint density at radius 3 is 2.28 bits per heavy atom. The number of fused-ring (bicyclic) bond motifs is 2. The van der Waals surface area contributed by atoms with Gasteiger partial charge in [0.2, 0.25) is 0 Å². The van der Waals surface area contributed by atoms with Crippen LogP contribution in [0.1, 0.15) is 64.0 Å². The highest BCUT2D eigenvalue weighted by Gasteiger charge is 2.49. The van der Waals surface area contributed by atoms with Gasteiger partial charge in [0, 0.05) is 24.9 Å². The fourth-order valence-corrected chi connectivity index (χ4v) is 4.13. The number of aliphatic hydroxyl groups is 1. The molecular formula is C20H26N2O3. The van der Waals surface area contributed by atoms with E-state index in [1.54, 1.807) is 12.1 Å². The molecule has 3 rings (SSSR count).